The topological polar surface area (TPSA) is 46.0 Å². The predicted octanol–water partition coefficient (Wildman–Crippen LogP) is 3.15. The van der Waals surface area contributed by atoms with Crippen molar-refractivity contribution in [2.75, 3.05) is 0 Å². The monoisotopic (exact) mass is 252 g/mol. The molecule has 0 spiro atoms. The Balaban J connectivity index is 2.07. The normalized spacial score (nSPS) is 10.6. The third kappa shape index (κ3) is 2.74. The van der Waals surface area contributed by atoms with Gasteiger partial charge in [0, 0.05) is 17.5 Å². The number of thioether (sulfide) groups is 1. The van der Waals surface area contributed by atoms with E-state index in [4.69, 9.17) is 0 Å². The molecule has 2 aromatic rings. The summed E-state index contributed by atoms with van der Waals surface area (Å²) in [6.07, 6.45) is 0. The van der Waals surface area contributed by atoms with Crippen molar-refractivity contribution in [1.29, 1.82) is 0 Å². The molecule has 0 atom stereocenters. The van der Waals surface area contributed by atoms with Crippen molar-refractivity contribution in [2.24, 2.45) is 0 Å². The van der Waals surface area contributed by atoms with Crippen molar-refractivity contribution in [2.45, 2.75) is 24.8 Å². The Kier molecular flexibility index (Phi) is 3.46. The largest absolute Gasteiger partial charge is 0.493 e. The zero-order valence-electron chi connectivity index (χ0n) is 9.10. The van der Waals surface area contributed by atoms with Crippen molar-refractivity contribution >= 4 is 23.1 Å². The van der Waals surface area contributed by atoms with Gasteiger partial charge in [0.1, 0.15) is 0 Å². The molecule has 0 saturated heterocycles. The number of hydrogen-bond acceptors (Lipinski definition) is 5. The highest BCUT2D eigenvalue weighted by Gasteiger charge is 2.04. The number of hydrogen-bond donors (Lipinski definition) is 1. The van der Waals surface area contributed by atoms with E-state index in [9.17, 15) is 5.11 Å². The number of aromatic hydroxyl groups is 1. The van der Waals surface area contributed by atoms with E-state index in [1.807, 2.05) is 6.92 Å². The minimum absolute atomic E-state index is 0.0389. The summed E-state index contributed by atoms with van der Waals surface area (Å²) in [5.41, 5.74) is 3.39. The molecule has 0 aromatic carbocycles. The fourth-order valence-electron chi connectivity index (χ4n) is 1.27. The fourth-order valence-corrected chi connectivity index (χ4v) is 3.19. The number of aryl methyl sites for hydroxylation is 2. The van der Waals surface area contributed by atoms with E-state index in [-0.39, 0.29) is 5.88 Å². The summed E-state index contributed by atoms with van der Waals surface area (Å²) in [5, 5.41) is 14.2. The third-order valence-electron chi connectivity index (χ3n) is 2.14. The zero-order valence-corrected chi connectivity index (χ0v) is 10.7. The second-order valence-corrected chi connectivity index (χ2v) is 5.20. The average molecular weight is 252 g/mol. The Hall–Kier alpha value is -1.07. The summed E-state index contributed by atoms with van der Waals surface area (Å²) < 4.78 is 0. The summed E-state index contributed by atoms with van der Waals surface area (Å²) in [6.45, 7) is 3.95. The summed E-state index contributed by atoms with van der Waals surface area (Å²) in [6, 6.07) is 1.56. The van der Waals surface area contributed by atoms with E-state index in [2.05, 4.69) is 27.7 Å². The molecule has 3 nitrogen and oxygen atoms in total. The van der Waals surface area contributed by atoms with Crippen molar-refractivity contribution in [3.8, 4) is 5.88 Å². The van der Waals surface area contributed by atoms with Gasteiger partial charge >= 0.3 is 0 Å². The molecule has 2 rings (SSSR count). The highest BCUT2D eigenvalue weighted by molar-refractivity contribution is 7.98. The van der Waals surface area contributed by atoms with Crippen LogP contribution in [0, 0.1) is 13.8 Å². The summed E-state index contributed by atoms with van der Waals surface area (Å²) in [4.78, 5) is 8.23. The van der Waals surface area contributed by atoms with E-state index in [0.29, 0.717) is 5.16 Å². The maximum atomic E-state index is 9.34. The maximum Gasteiger partial charge on any atom is 0.215 e. The van der Waals surface area contributed by atoms with E-state index < -0.39 is 0 Å². The standard InChI is InChI=1S/C11H12N2OS2/c1-7-4-15-5-9(7)6-16-11-12-8(2)3-10(14)13-11/h3-5H,6H2,1-2H3,(H,12,13,14). The van der Waals surface area contributed by atoms with Crippen LogP contribution in [0.4, 0.5) is 0 Å². The molecule has 0 saturated carbocycles. The molecule has 0 aliphatic carbocycles. The van der Waals surface area contributed by atoms with Gasteiger partial charge in [0.2, 0.25) is 5.88 Å². The highest BCUT2D eigenvalue weighted by Crippen LogP contribution is 2.24. The van der Waals surface area contributed by atoms with Crippen LogP contribution in [0.25, 0.3) is 0 Å². The van der Waals surface area contributed by atoms with E-state index in [1.165, 1.54) is 11.1 Å². The van der Waals surface area contributed by atoms with Crippen LogP contribution >= 0.6 is 23.1 Å². The van der Waals surface area contributed by atoms with Crippen LogP contribution in [0.2, 0.25) is 0 Å². The Bertz CT molecular complexity index is 476. The lowest BCUT2D eigenvalue weighted by Gasteiger charge is -2.01. The number of nitrogens with zero attached hydrogens (tertiary/aromatic N) is 2. The van der Waals surface area contributed by atoms with Gasteiger partial charge in [-0.25, -0.2) is 4.98 Å². The first kappa shape index (κ1) is 11.4. The first-order chi connectivity index (χ1) is 7.65. The SMILES string of the molecule is Cc1cc(O)nc(SCc2cscc2C)n1. The molecular weight excluding hydrogens is 240 g/mol. The summed E-state index contributed by atoms with van der Waals surface area (Å²) in [7, 11) is 0. The first-order valence-electron chi connectivity index (χ1n) is 4.84. The van der Waals surface area contributed by atoms with Crippen molar-refractivity contribution in [1.82, 2.24) is 9.97 Å². The van der Waals surface area contributed by atoms with Crippen LogP contribution in [0.3, 0.4) is 0 Å². The molecule has 16 heavy (non-hydrogen) atoms. The van der Waals surface area contributed by atoms with Crippen molar-refractivity contribution < 1.29 is 5.11 Å². The minimum Gasteiger partial charge on any atom is -0.493 e. The molecule has 0 amide bonds. The Labute approximate surface area is 103 Å². The number of thiophene rings is 1. The van der Waals surface area contributed by atoms with Crippen molar-refractivity contribution in [3.05, 3.63) is 33.6 Å². The third-order valence-corrected chi connectivity index (χ3v) is 3.94. The molecule has 0 aliphatic rings. The number of rotatable bonds is 3. The van der Waals surface area contributed by atoms with E-state index in [0.717, 1.165) is 11.4 Å². The molecule has 84 valence electrons. The van der Waals surface area contributed by atoms with Gasteiger partial charge in [-0.2, -0.15) is 16.3 Å². The van der Waals surface area contributed by atoms with E-state index >= 15 is 0 Å². The number of aromatic nitrogens is 2. The van der Waals surface area contributed by atoms with Crippen LogP contribution in [0.15, 0.2) is 22.0 Å². The molecule has 0 bridgehead atoms. The van der Waals surface area contributed by atoms with Crippen LogP contribution in [0.1, 0.15) is 16.8 Å². The Morgan fingerprint density at radius 1 is 1.31 bits per heavy atom. The molecule has 2 heterocycles. The maximum absolute atomic E-state index is 9.34. The molecular formula is C11H12N2OS2. The molecule has 0 aliphatic heterocycles. The van der Waals surface area contributed by atoms with Crippen LogP contribution < -0.4 is 0 Å². The first-order valence-corrected chi connectivity index (χ1v) is 6.77. The van der Waals surface area contributed by atoms with Gasteiger partial charge < -0.3 is 5.11 Å². The molecule has 1 N–H and O–H groups in total. The molecule has 0 unspecified atom stereocenters. The van der Waals surface area contributed by atoms with Gasteiger partial charge in [0.05, 0.1) is 0 Å². The van der Waals surface area contributed by atoms with Gasteiger partial charge in [0.15, 0.2) is 5.16 Å². The highest BCUT2D eigenvalue weighted by atomic mass is 32.2. The van der Waals surface area contributed by atoms with Gasteiger partial charge in [0.25, 0.3) is 0 Å². The molecule has 0 radical (unpaired) electrons. The minimum atomic E-state index is 0.0389. The Morgan fingerprint density at radius 2 is 2.12 bits per heavy atom. The lowest BCUT2D eigenvalue weighted by molar-refractivity contribution is 0.444. The van der Waals surface area contributed by atoms with Gasteiger partial charge in [-0.3, -0.25) is 0 Å². The van der Waals surface area contributed by atoms with Crippen molar-refractivity contribution in [3.63, 3.8) is 0 Å². The molecule has 0 fully saturated rings. The quantitative estimate of drug-likeness (QED) is 0.673. The van der Waals surface area contributed by atoms with Crippen LogP contribution in [0.5, 0.6) is 5.88 Å². The van der Waals surface area contributed by atoms with Gasteiger partial charge in [-0.1, -0.05) is 11.8 Å². The molecule has 2 aromatic heterocycles. The van der Waals surface area contributed by atoms with Gasteiger partial charge in [-0.15, -0.1) is 0 Å². The smallest absolute Gasteiger partial charge is 0.215 e. The van der Waals surface area contributed by atoms with Gasteiger partial charge in [-0.05, 0) is 35.7 Å². The molecule has 5 heteroatoms. The lowest BCUT2D eigenvalue weighted by atomic mass is 10.2. The zero-order chi connectivity index (χ0) is 11.5. The second-order valence-electron chi connectivity index (χ2n) is 3.52. The Morgan fingerprint density at radius 3 is 2.75 bits per heavy atom. The average Bonchev–Trinajstić information content (AvgIpc) is 2.59. The predicted molar refractivity (Wildman–Crippen MR) is 67.1 cm³/mol. The summed E-state index contributed by atoms with van der Waals surface area (Å²) >= 11 is 3.25. The lowest BCUT2D eigenvalue weighted by Crippen LogP contribution is -1.90. The fraction of sp³-hybridized carbons (Fsp3) is 0.273. The van der Waals surface area contributed by atoms with Crippen LogP contribution in [-0.2, 0) is 5.75 Å². The summed E-state index contributed by atoms with van der Waals surface area (Å²) in [5.74, 6) is 0.884. The van der Waals surface area contributed by atoms with Crippen LogP contribution in [-0.4, -0.2) is 15.1 Å². The van der Waals surface area contributed by atoms with E-state index in [1.54, 1.807) is 29.2 Å². The second kappa shape index (κ2) is 4.84.